The van der Waals surface area contributed by atoms with Crippen LogP contribution in [0.2, 0.25) is 0 Å². The van der Waals surface area contributed by atoms with Crippen LogP contribution in [0.3, 0.4) is 0 Å². The molecule has 3 rings (SSSR count). The molecule has 2 N–H and O–H groups in total. The summed E-state index contributed by atoms with van der Waals surface area (Å²) < 4.78 is 15.5. The average molecular weight is 331 g/mol. The van der Waals surface area contributed by atoms with Gasteiger partial charge in [-0.15, -0.1) is 5.10 Å². The Balaban J connectivity index is 1.91. The summed E-state index contributed by atoms with van der Waals surface area (Å²) in [6.07, 6.45) is 1.42. The quantitative estimate of drug-likeness (QED) is 0.926. The maximum absolute atomic E-state index is 14.1. The first-order chi connectivity index (χ1) is 11.5. The zero-order chi connectivity index (χ0) is 17.3. The molecule has 0 aliphatic carbocycles. The van der Waals surface area contributed by atoms with Crippen molar-refractivity contribution in [1.29, 1.82) is 0 Å². The van der Waals surface area contributed by atoms with E-state index in [2.05, 4.69) is 17.0 Å². The van der Waals surface area contributed by atoms with Crippen LogP contribution in [0.5, 0.6) is 0 Å². The van der Waals surface area contributed by atoms with E-state index in [1.807, 2.05) is 6.92 Å². The second-order valence-electron chi connectivity index (χ2n) is 6.56. The third-order valence-corrected chi connectivity index (χ3v) is 4.60. The summed E-state index contributed by atoms with van der Waals surface area (Å²) in [6.45, 7) is 5.74. The molecule has 1 unspecified atom stereocenters. The number of aromatic nitrogens is 3. The summed E-state index contributed by atoms with van der Waals surface area (Å²) in [6, 6.07) is 6.34. The molecule has 1 amide bonds. The number of nitrogens with zero attached hydrogens (tertiary/aromatic N) is 4. The van der Waals surface area contributed by atoms with Gasteiger partial charge in [0.1, 0.15) is 17.3 Å². The molecule has 1 atom stereocenters. The molecule has 24 heavy (non-hydrogen) atoms. The van der Waals surface area contributed by atoms with Gasteiger partial charge < -0.3 is 10.6 Å². The van der Waals surface area contributed by atoms with Crippen molar-refractivity contribution in [1.82, 2.24) is 19.7 Å². The number of halogens is 1. The van der Waals surface area contributed by atoms with E-state index in [-0.39, 0.29) is 17.1 Å². The van der Waals surface area contributed by atoms with Gasteiger partial charge in [-0.2, -0.15) is 0 Å². The van der Waals surface area contributed by atoms with Crippen LogP contribution in [-0.4, -0.2) is 45.2 Å². The van der Waals surface area contributed by atoms with Crippen LogP contribution >= 0.6 is 0 Å². The van der Waals surface area contributed by atoms with Gasteiger partial charge in [-0.3, -0.25) is 4.79 Å². The number of benzene rings is 1. The van der Waals surface area contributed by atoms with Crippen LogP contribution in [0.4, 0.5) is 4.39 Å². The fourth-order valence-electron chi connectivity index (χ4n) is 2.99. The molecular weight excluding hydrogens is 309 g/mol. The number of amides is 1. The Hall–Kier alpha value is -2.28. The van der Waals surface area contributed by atoms with Gasteiger partial charge >= 0.3 is 0 Å². The van der Waals surface area contributed by atoms with E-state index in [0.29, 0.717) is 37.6 Å². The summed E-state index contributed by atoms with van der Waals surface area (Å²) in [5, 5.41) is 4.27. The molecule has 1 aliphatic heterocycles. The maximum atomic E-state index is 14.1. The Labute approximate surface area is 140 Å². The number of hydrogen-bond acceptors (Lipinski definition) is 4. The number of aryl methyl sites for hydroxylation is 1. The highest BCUT2D eigenvalue weighted by Crippen LogP contribution is 2.29. The van der Waals surface area contributed by atoms with Gasteiger partial charge in [0.2, 0.25) is 5.82 Å². The zero-order valence-corrected chi connectivity index (χ0v) is 14.0. The zero-order valence-electron chi connectivity index (χ0n) is 14.0. The molecule has 1 aliphatic rings. The Bertz CT molecular complexity index is 759. The topological polar surface area (TPSA) is 77.0 Å². The highest BCUT2D eigenvalue weighted by atomic mass is 19.1. The second kappa shape index (κ2) is 6.32. The smallest absolute Gasteiger partial charge is 0.293 e. The highest BCUT2D eigenvalue weighted by Gasteiger charge is 2.36. The van der Waals surface area contributed by atoms with Gasteiger partial charge in [0, 0.05) is 19.5 Å². The largest absolute Gasteiger partial charge is 0.335 e. The van der Waals surface area contributed by atoms with E-state index in [1.165, 1.54) is 10.7 Å². The molecule has 0 radical (unpaired) electrons. The fraction of sp³-hybridized carbons (Fsp3) is 0.471. The Morgan fingerprint density at radius 1 is 1.42 bits per heavy atom. The van der Waals surface area contributed by atoms with Gasteiger partial charge in [-0.25, -0.2) is 14.1 Å². The molecule has 2 heterocycles. The standard InChI is InChI=1S/C17H22FN5O/c1-3-14-20-15(16(24)22-9-8-17(2,10-19)11-22)21-23(14)13-7-5-4-6-12(13)18/h4-7H,3,8-11,19H2,1-2H3. The minimum atomic E-state index is -0.395. The van der Waals surface area contributed by atoms with Crippen LogP contribution in [-0.2, 0) is 6.42 Å². The molecular formula is C17H22FN5O. The minimum absolute atomic E-state index is 0.0582. The van der Waals surface area contributed by atoms with Gasteiger partial charge in [-0.1, -0.05) is 26.0 Å². The lowest BCUT2D eigenvalue weighted by atomic mass is 9.90. The van der Waals surface area contributed by atoms with Crippen molar-refractivity contribution in [3.05, 3.63) is 41.7 Å². The third kappa shape index (κ3) is 2.91. The number of carbonyl (C=O) groups excluding carboxylic acids is 1. The first-order valence-corrected chi connectivity index (χ1v) is 8.17. The molecule has 7 heteroatoms. The van der Waals surface area contributed by atoms with Gasteiger partial charge in [0.25, 0.3) is 5.91 Å². The number of likely N-dealkylation sites (tertiary alicyclic amines) is 1. The summed E-state index contributed by atoms with van der Waals surface area (Å²) in [5.41, 5.74) is 6.04. The summed E-state index contributed by atoms with van der Waals surface area (Å²) in [7, 11) is 0. The number of rotatable bonds is 4. The van der Waals surface area contributed by atoms with E-state index in [9.17, 15) is 9.18 Å². The molecule has 1 fully saturated rings. The molecule has 0 spiro atoms. The predicted molar refractivity (Wildman–Crippen MR) is 88.4 cm³/mol. The van der Waals surface area contributed by atoms with Gasteiger partial charge in [0.15, 0.2) is 0 Å². The first kappa shape index (κ1) is 16.6. The molecule has 128 valence electrons. The van der Waals surface area contributed by atoms with Gasteiger partial charge in [-0.05, 0) is 30.5 Å². The van der Waals surface area contributed by atoms with Crippen LogP contribution in [0, 0.1) is 11.2 Å². The van der Waals surface area contributed by atoms with Crippen molar-refractivity contribution in [3.63, 3.8) is 0 Å². The van der Waals surface area contributed by atoms with Crippen molar-refractivity contribution < 1.29 is 9.18 Å². The second-order valence-corrected chi connectivity index (χ2v) is 6.56. The number of nitrogens with two attached hydrogens (primary N) is 1. The number of hydrogen-bond donors (Lipinski definition) is 1. The summed E-state index contributed by atoms with van der Waals surface area (Å²) in [4.78, 5) is 18.8. The molecule has 2 aromatic rings. The van der Waals surface area contributed by atoms with E-state index < -0.39 is 5.82 Å². The van der Waals surface area contributed by atoms with Gasteiger partial charge in [0.05, 0.1) is 0 Å². The molecule has 0 bridgehead atoms. The summed E-state index contributed by atoms with van der Waals surface area (Å²) >= 11 is 0. The number of carbonyl (C=O) groups is 1. The van der Waals surface area contributed by atoms with Crippen molar-refractivity contribution in [2.24, 2.45) is 11.1 Å². The minimum Gasteiger partial charge on any atom is -0.335 e. The Morgan fingerprint density at radius 2 is 2.17 bits per heavy atom. The fourth-order valence-corrected chi connectivity index (χ4v) is 2.99. The maximum Gasteiger partial charge on any atom is 0.293 e. The third-order valence-electron chi connectivity index (χ3n) is 4.60. The van der Waals surface area contributed by atoms with Crippen LogP contribution in [0.25, 0.3) is 5.69 Å². The average Bonchev–Trinajstić information content (AvgIpc) is 3.19. The molecule has 1 saturated heterocycles. The van der Waals surface area contributed by atoms with Crippen molar-refractivity contribution in [2.75, 3.05) is 19.6 Å². The monoisotopic (exact) mass is 331 g/mol. The van der Waals surface area contributed by atoms with E-state index in [4.69, 9.17) is 5.73 Å². The molecule has 1 aromatic carbocycles. The van der Waals surface area contributed by atoms with Crippen molar-refractivity contribution in [2.45, 2.75) is 26.7 Å². The predicted octanol–water partition coefficient (Wildman–Crippen LogP) is 1.78. The van der Waals surface area contributed by atoms with Crippen molar-refractivity contribution >= 4 is 5.91 Å². The van der Waals surface area contributed by atoms with E-state index in [0.717, 1.165) is 6.42 Å². The lowest BCUT2D eigenvalue weighted by Crippen LogP contribution is -2.35. The Kier molecular flexibility index (Phi) is 4.36. The number of para-hydroxylation sites is 1. The Morgan fingerprint density at radius 3 is 2.79 bits per heavy atom. The lowest BCUT2D eigenvalue weighted by Gasteiger charge is -2.21. The van der Waals surface area contributed by atoms with Crippen LogP contribution in [0.15, 0.2) is 24.3 Å². The summed E-state index contributed by atoms with van der Waals surface area (Å²) in [5.74, 6) is 0.0468. The van der Waals surface area contributed by atoms with Crippen LogP contribution < -0.4 is 5.73 Å². The SMILES string of the molecule is CCc1nc(C(=O)N2CCC(C)(CN)C2)nn1-c1ccccc1F. The molecule has 6 nitrogen and oxygen atoms in total. The normalized spacial score (nSPS) is 20.6. The first-order valence-electron chi connectivity index (χ1n) is 8.17. The lowest BCUT2D eigenvalue weighted by molar-refractivity contribution is 0.0764. The van der Waals surface area contributed by atoms with Crippen LogP contribution in [0.1, 0.15) is 36.7 Å². The molecule has 0 saturated carbocycles. The van der Waals surface area contributed by atoms with E-state index >= 15 is 0 Å². The van der Waals surface area contributed by atoms with Crippen molar-refractivity contribution in [3.8, 4) is 5.69 Å². The molecule has 1 aromatic heterocycles. The van der Waals surface area contributed by atoms with E-state index in [1.54, 1.807) is 23.1 Å². The highest BCUT2D eigenvalue weighted by molar-refractivity contribution is 5.90.